The van der Waals surface area contributed by atoms with E-state index in [9.17, 15) is 19.5 Å². The van der Waals surface area contributed by atoms with Crippen molar-refractivity contribution >= 4 is 22.5 Å². The van der Waals surface area contributed by atoms with Gasteiger partial charge < -0.3 is 13.9 Å². The smallest absolute Gasteiger partial charge is 0.202 e. The van der Waals surface area contributed by atoms with Gasteiger partial charge >= 0.3 is 0 Å². The number of furan rings is 1. The molecule has 0 unspecified atom stereocenters. The van der Waals surface area contributed by atoms with Crippen molar-refractivity contribution in [2.75, 3.05) is 0 Å². The van der Waals surface area contributed by atoms with Crippen molar-refractivity contribution in [3.63, 3.8) is 0 Å². The third kappa shape index (κ3) is 3.24. The van der Waals surface area contributed by atoms with Crippen molar-refractivity contribution in [1.82, 2.24) is 0 Å². The topological polar surface area (TPSA) is 97.7 Å². The van der Waals surface area contributed by atoms with E-state index in [0.717, 1.165) is 0 Å². The van der Waals surface area contributed by atoms with Crippen molar-refractivity contribution in [2.24, 2.45) is 0 Å². The number of fused-ring (bicyclic) bond motifs is 1. The summed E-state index contributed by atoms with van der Waals surface area (Å²) in [6, 6.07) is 5.80. The Morgan fingerprint density at radius 3 is 2.60 bits per heavy atom. The van der Waals surface area contributed by atoms with E-state index in [1.165, 1.54) is 31.4 Å². The number of aromatic hydroxyl groups is 1. The van der Waals surface area contributed by atoms with Crippen LogP contribution < -0.4 is 5.43 Å². The van der Waals surface area contributed by atoms with Crippen molar-refractivity contribution in [3.05, 3.63) is 63.4 Å². The molecule has 2 aromatic heterocycles. The van der Waals surface area contributed by atoms with Gasteiger partial charge in [-0.2, -0.15) is 0 Å². The van der Waals surface area contributed by atoms with Crippen LogP contribution in [0.15, 0.2) is 44.2 Å². The Morgan fingerprint density at radius 2 is 1.96 bits per heavy atom. The maximum absolute atomic E-state index is 12.4. The average Bonchev–Trinajstić information content (AvgIpc) is 3.04. The minimum Gasteiger partial charge on any atom is -0.508 e. The lowest BCUT2D eigenvalue weighted by Crippen LogP contribution is -2.10. The maximum atomic E-state index is 12.4. The summed E-state index contributed by atoms with van der Waals surface area (Å²) in [5.74, 6) is -0.317. The van der Waals surface area contributed by atoms with Gasteiger partial charge in [-0.1, -0.05) is 0 Å². The van der Waals surface area contributed by atoms with Crippen LogP contribution in [0.4, 0.5) is 0 Å². The summed E-state index contributed by atoms with van der Waals surface area (Å²) in [5, 5.41) is 10.6. The van der Waals surface area contributed by atoms with Crippen LogP contribution in [-0.2, 0) is 17.6 Å². The molecule has 1 N–H and O–H groups in total. The van der Waals surface area contributed by atoms with Gasteiger partial charge in [0.25, 0.3) is 0 Å². The molecule has 25 heavy (non-hydrogen) atoms. The van der Waals surface area contributed by atoms with E-state index in [4.69, 9.17) is 8.83 Å². The van der Waals surface area contributed by atoms with Crippen LogP contribution in [0.1, 0.15) is 34.4 Å². The third-order valence-corrected chi connectivity index (χ3v) is 3.89. The molecule has 0 atom stereocenters. The van der Waals surface area contributed by atoms with E-state index >= 15 is 0 Å². The monoisotopic (exact) mass is 340 g/mol. The fourth-order valence-electron chi connectivity index (χ4n) is 2.80. The number of ketones is 2. The molecule has 2 heterocycles. The highest BCUT2D eigenvalue weighted by atomic mass is 16.3. The van der Waals surface area contributed by atoms with Crippen LogP contribution in [0.2, 0.25) is 0 Å². The molecule has 3 rings (SSSR count). The standard InChI is InChI=1S/C19H16O6/c1-10-6-14(21)13(9-15(22)17-4-3-5-24-17)19-18(10)16(23)8-12(25-19)7-11(2)20/h3-6,8,21H,7,9H2,1-2H3. The molecule has 3 aromatic rings. The maximum Gasteiger partial charge on any atom is 0.202 e. The van der Waals surface area contributed by atoms with Crippen LogP contribution in [0, 0.1) is 6.92 Å². The van der Waals surface area contributed by atoms with Crippen LogP contribution in [0.5, 0.6) is 5.75 Å². The van der Waals surface area contributed by atoms with Gasteiger partial charge in [0, 0.05) is 18.1 Å². The molecular weight excluding hydrogens is 324 g/mol. The second-order valence-corrected chi connectivity index (χ2v) is 5.93. The minimum atomic E-state index is -0.356. The predicted molar refractivity (Wildman–Crippen MR) is 90.0 cm³/mol. The van der Waals surface area contributed by atoms with E-state index in [-0.39, 0.29) is 63.6 Å². The number of benzene rings is 1. The largest absolute Gasteiger partial charge is 0.508 e. The van der Waals surface area contributed by atoms with Crippen molar-refractivity contribution in [2.45, 2.75) is 26.7 Å². The van der Waals surface area contributed by atoms with Gasteiger partial charge in [-0.05, 0) is 37.6 Å². The Balaban J connectivity index is 2.19. The highest BCUT2D eigenvalue weighted by Gasteiger charge is 2.20. The van der Waals surface area contributed by atoms with Crippen LogP contribution in [-0.4, -0.2) is 16.7 Å². The van der Waals surface area contributed by atoms with Gasteiger partial charge in [-0.15, -0.1) is 0 Å². The zero-order valence-corrected chi connectivity index (χ0v) is 13.8. The van der Waals surface area contributed by atoms with Crippen molar-refractivity contribution in [1.29, 1.82) is 0 Å². The Bertz CT molecular complexity index is 1020. The minimum absolute atomic E-state index is 0.0363. The quantitative estimate of drug-likeness (QED) is 0.717. The molecule has 0 bridgehead atoms. The second-order valence-electron chi connectivity index (χ2n) is 5.93. The van der Waals surface area contributed by atoms with Gasteiger partial charge in [0.2, 0.25) is 5.78 Å². The average molecular weight is 340 g/mol. The fraction of sp³-hybridized carbons (Fsp3) is 0.211. The number of carbonyl (C=O) groups excluding carboxylic acids is 2. The van der Waals surface area contributed by atoms with Gasteiger partial charge in [-0.3, -0.25) is 14.4 Å². The summed E-state index contributed by atoms with van der Waals surface area (Å²) in [6.07, 6.45) is 1.15. The lowest BCUT2D eigenvalue weighted by Gasteiger charge is -2.11. The first kappa shape index (κ1) is 16.7. The Kier molecular flexibility index (Phi) is 4.27. The molecule has 0 saturated heterocycles. The van der Waals surface area contributed by atoms with Gasteiger partial charge in [0.05, 0.1) is 18.1 Å². The lowest BCUT2D eigenvalue weighted by atomic mass is 9.99. The molecule has 0 fully saturated rings. The van der Waals surface area contributed by atoms with E-state index in [1.54, 1.807) is 13.0 Å². The van der Waals surface area contributed by atoms with Crippen LogP contribution in [0.3, 0.4) is 0 Å². The number of carbonyl (C=O) groups is 2. The molecule has 0 saturated carbocycles. The highest BCUT2D eigenvalue weighted by molar-refractivity contribution is 5.98. The second kappa shape index (κ2) is 6.39. The molecule has 6 nitrogen and oxygen atoms in total. The van der Waals surface area contributed by atoms with Gasteiger partial charge in [0.1, 0.15) is 22.9 Å². The highest BCUT2D eigenvalue weighted by Crippen LogP contribution is 2.30. The van der Waals surface area contributed by atoms with Crippen LogP contribution in [0.25, 0.3) is 11.0 Å². The Hall–Kier alpha value is -3.15. The van der Waals surface area contributed by atoms with E-state index in [0.29, 0.717) is 5.56 Å². The van der Waals surface area contributed by atoms with E-state index in [1.807, 2.05) is 0 Å². The Morgan fingerprint density at radius 1 is 1.20 bits per heavy atom. The van der Waals surface area contributed by atoms with Gasteiger partial charge in [-0.25, -0.2) is 0 Å². The van der Waals surface area contributed by atoms with E-state index in [2.05, 4.69) is 0 Å². The molecule has 0 aliphatic rings. The molecule has 1 aromatic carbocycles. The Labute approximate surface area is 142 Å². The fourth-order valence-corrected chi connectivity index (χ4v) is 2.80. The summed E-state index contributed by atoms with van der Waals surface area (Å²) < 4.78 is 10.8. The SMILES string of the molecule is CC(=O)Cc1cc(=O)c2c(C)cc(O)c(CC(=O)c3ccco3)c2o1. The zero-order chi connectivity index (χ0) is 18.1. The molecular formula is C19H16O6. The molecule has 0 spiro atoms. The first-order chi connectivity index (χ1) is 11.9. The number of aryl methyl sites for hydroxylation is 1. The summed E-state index contributed by atoms with van der Waals surface area (Å²) in [6.45, 7) is 3.06. The van der Waals surface area contributed by atoms with Crippen molar-refractivity contribution < 1.29 is 23.5 Å². The molecule has 0 aliphatic carbocycles. The number of hydrogen-bond acceptors (Lipinski definition) is 6. The molecule has 0 radical (unpaired) electrons. The molecule has 0 amide bonds. The first-order valence-electron chi connectivity index (χ1n) is 7.71. The number of Topliss-reactive ketones (excluding diaryl/α,β-unsaturated/α-hetero) is 2. The number of rotatable bonds is 5. The van der Waals surface area contributed by atoms with Crippen molar-refractivity contribution in [3.8, 4) is 5.75 Å². The summed E-state index contributed by atoms with van der Waals surface area (Å²) in [4.78, 5) is 36.1. The number of hydrogen-bond donors (Lipinski definition) is 1. The molecule has 6 heteroatoms. The predicted octanol–water partition coefficient (Wildman–Crippen LogP) is 2.96. The van der Waals surface area contributed by atoms with E-state index < -0.39 is 0 Å². The first-order valence-corrected chi connectivity index (χ1v) is 7.71. The molecule has 0 aliphatic heterocycles. The van der Waals surface area contributed by atoms with Crippen LogP contribution >= 0.6 is 0 Å². The number of phenolic OH excluding ortho intramolecular Hbond substituents is 1. The summed E-state index contributed by atoms with van der Waals surface area (Å²) in [7, 11) is 0. The molecule has 128 valence electrons. The number of phenols is 1. The zero-order valence-electron chi connectivity index (χ0n) is 13.8. The lowest BCUT2D eigenvalue weighted by molar-refractivity contribution is -0.116. The van der Waals surface area contributed by atoms with Gasteiger partial charge in [0.15, 0.2) is 11.2 Å². The summed E-state index contributed by atoms with van der Waals surface area (Å²) in [5.41, 5.74) is 0.539. The third-order valence-electron chi connectivity index (χ3n) is 3.89. The normalized spacial score (nSPS) is 11.0. The summed E-state index contributed by atoms with van der Waals surface area (Å²) >= 11 is 0.